The highest BCUT2D eigenvalue weighted by molar-refractivity contribution is 6.42. The third-order valence-electron chi connectivity index (χ3n) is 3.76. The van der Waals surface area contributed by atoms with Crippen LogP contribution in [0, 0.1) is 0 Å². The Balaban J connectivity index is 1.61. The molecule has 8 heteroatoms. The first-order valence-corrected chi connectivity index (χ1v) is 8.48. The molecule has 0 bridgehead atoms. The van der Waals surface area contributed by atoms with Crippen molar-refractivity contribution in [3.8, 4) is 0 Å². The minimum atomic E-state index is -0.577. The van der Waals surface area contributed by atoms with Gasteiger partial charge < -0.3 is 10.1 Å². The lowest BCUT2D eigenvalue weighted by molar-refractivity contribution is -0.147. The zero-order chi connectivity index (χ0) is 18.7. The van der Waals surface area contributed by atoms with Gasteiger partial charge in [0, 0.05) is 0 Å². The van der Waals surface area contributed by atoms with Gasteiger partial charge in [-0.15, -0.1) is 0 Å². The molecule has 2 aromatic rings. The predicted molar refractivity (Wildman–Crippen MR) is 98.5 cm³/mol. The molecule has 0 fully saturated rings. The summed E-state index contributed by atoms with van der Waals surface area (Å²) in [6.45, 7) is -0.581. The van der Waals surface area contributed by atoms with Crippen molar-refractivity contribution in [2.24, 2.45) is 0 Å². The maximum Gasteiger partial charge on any atom is 0.310 e. The van der Waals surface area contributed by atoms with Crippen LogP contribution in [0.2, 0.25) is 10.0 Å². The van der Waals surface area contributed by atoms with Crippen molar-refractivity contribution >= 4 is 52.4 Å². The van der Waals surface area contributed by atoms with Gasteiger partial charge in [-0.1, -0.05) is 41.4 Å². The number of hydrogen-bond donors (Lipinski definition) is 1. The fourth-order valence-corrected chi connectivity index (χ4v) is 2.86. The van der Waals surface area contributed by atoms with Crippen molar-refractivity contribution in [3.63, 3.8) is 0 Å². The molecule has 134 valence electrons. The summed E-state index contributed by atoms with van der Waals surface area (Å²) in [6.07, 6.45) is -0.0404. The van der Waals surface area contributed by atoms with Crippen molar-refractivity contribution in [2.45, 2.75) is 6.42 Å². The lowest BCUT2D eigenvalue weighted by Gasteiger charge is -2.28. The van der Waals surface area contributed by atoms with Gasteiger partial charge >= 0.3 is 5.97 Å². The molecule has 0 radical (unpaired) electrons. The van der Waals surface area contributed by atoms with Crippen LogP contribution in [0.15, 0.2) is 42.5 Å². The van der Waals surface area contributed by atoms with E-state index < -0.39 is 18.5 Å². The fourth-order valence-electron chi connectivity index (χ4n) is 2.54. The van der Waals surface area contributed by atoms with Crippen molar-refractivity contribution < 1.29 is 19.1 Å². The number of halogens is 2. The number of ether oxygens (including phenoxy) is 1. The Bertz CT molecular complexity index is 885. The number of para-hydroxylation sites is 2. The molecule has 26 heavy (non-hydrogen) atoms. The Labute approximate surface area is 159 Å². The number of esters is 1. The Morgan fingerprint density at radius 1 is 1.12 bits per heavy atom. The van der Waals surface area contributed by atoms with Gasteiger partial charge in [-0.25, -0.2) is 0 Å². The molecular weight excluding hydrogens is 379 g/mol. The first kappa shape index (κ1) is 18.2. The van der Waals surface area contributed by atoms with Crippen LogP contribution in [0.4, 0.5) is 11.4 Å². The van der Waals surface area contributed by atoms with E-state index in [2.05, 4.69) is 5.32 Å². The number of nitrogens with one attached hydrogen (secondary N) is 1. The zero-order valence-corrected chi connectivity index (χ0v) is 15.0. The maximum atomic E-state index is 12.4. The van der Waals surface area contributed by atoms with E-state index in [1.54, 1.807) is 42.5 Å². The largest absolute Gasteiger partial charge is 0.455 e. The molecule has 6 nitrogen and oxygen atoms in total. The minimum absolute atomic E-state index is 0.0404. The van der Waals surface area contributed by atoms with E-state index in [0.717, 1.165) is 0 Å². The Hall–Kier alpha value is -2.57. The van der Waals surface area contributed by atoms with Gasteiger partial charge in [0.2, 0.25) is 5.91 Å². The second kappa shape index (κ2) is 7.76. The third kappa shape index (κ3) is 4.15. The lowest BCUT2D eigenvalue weighted by atomic mass is 10.1. The number of carbonyl (C=O) groups is 3. The maximum absolute atomic E-state index is 12.4. The van der Waals surface area contributed by atoms with Gasteiger partial charge in [0.15, 0.2) is 6.61 Å². The first-order valence-electron chi connectivity index (χ1n) is 7.73. The summed E-state index contributed by atoms with van der Waals surface area (Å²) in [6, 6.07) is 11.7. The summed E-state index contributed by atoms with van der Waals surface area (Å²) in [7, 11) is 0. The number of amides is 2. The summed E-state index contributed by atoms with van der Waals surface area (Å²) in [5.41, 5.74) is 1.73. The minimum Gasteiger partial charge on any atom is -0.455 e. The number of fused-ring (bicyclic) bond motifs is 1. The van der Waals surface area contributed by atoms with Crippen LogP contribution in [0.5, 0.6) is 0 Å². The monoisotopic (exact) mass is 392 g/mol. The number of carbonyl (C=O) groups excluding carboxylic acids is 3. The molecule has 0 aromatic heterocycles. The summed E-state index contributed by atoms with van der Waals surface area (Å²) >= 11 is 11.7. The average molecular weight is 393 g/mol. The van der Waals surface area contributed by atoms with Gasteiger partial charge in [-0.2, -0.15) is 0 Å². The van der Waals surface area contributed by atoms with Crippen molar-refractivity contribution in [2.75, 3.05) is 23.4 Å². The number of hydrogen-bond acceptors (Lipinski definition) is 4. The third-order valence-corrected chi connectivity index (χ3v) is 4.50. The Morgan fingerprint density at radius 2 is 1.88 bits per heavy atom. The van der Waals surface area contributed by atoms with Crippen molar-refractivity contribution in [1.29, 1.82) is 0 Å². The van der Waals surface area contributed by atoms with Crippen LogP contribution in [0.3, 0.4) is 0 Å². The number of nitrogens with zero attached hydrogens (tertiary/aromatic N) is 1. The summed E-state index contributed by atoms with van der Waals surface area (Å²) in [5, 5.41) is 3.42. The van der Waals surface area contributed by atoms with Crippen LogP contribution in [0.1, 0.15) is 5.56 Å². The quantitative estimate of drug-likeness (QED) is 0.811. The van der Waals surface area contributed by atoms with E-state index >= 15 is 0 Å². The van der Waals surface area contributed by atoms with E-state index in [-0.39, 0.29) is 18.9 Å². The molecule has 3 rings (SSSR count). The molecule has 0 saturated carbocycles. The molecule has 0 saturated heterocycles. The summed E-state index contributed by atoms with van der Waals surface area (Å²) in [4.78, 5) is 37.4. The SMILES string of the molecule is O=C1CN(C(=O)COC(=O)Cc2ccc(Cl)c(Cl)c2)c2ccccc2N1. The van der Waals surface area contributed by atoms with Gasteiger partial charge in [-0.3, -0.25) is 19.3 Å². The molecule has 0 aliphatic carbocycles. The summed E-state index contributed by atoms with van der Waals surface area (Å²) < 4.78 is 5.04. The lowest BCUT2D eigenvalue weighted by Crippen LogP contribution is -2.44. The second-order valence-corrected chi connectivity index (χ2v) is 6.45. The molecule has 0 unspecified atom stereocenters. The van der Waals surface area contributed by atoms with E-state index in [1.807, 2.05) is 0 Å². The highest BCUT2D eigenvalue weighted by Gasteiger charge is 2.27. The van der Waals surface area contributed by atoms with Crippen LogP contribution < -0.4 is 10.2 Å². The smallest absolute Gasteiger partial charge is 0.310 e. The number of anilines is 2. The molecule has 0 spiro atoms. The van der Waals surface area contributed by atoms with Crippen LogP contribution in [-0.2, 0) is 25.5 Å². The Kier molecular flexibility index (Phi) is 5.44. The van der Waals surface area contributed by atoms with Crippen molar-refractivity contribution in [1.82, 2.24) is 0 Å². The molecule has 2 aromatic carbocycles. The zero-order valence-electron chi connectivity index (χ0n) is 13.5. The topological polar surface area (TPSA) is 75.7 Å². The van der Waals surface area contributed by atoms with Gasteiger partial charge in [-0.05, 0) is 29.8 Å². The molecule has 1 heterocycles. The summed E-state index contributed by atoms with van der Waals surface area (Å²) in [5.74, 6) is -1.36. The predicted octanol–water partition coefficient (Wildman–Crippen LogP) is 3.06. The molecule has 1 aliphatic heterocycles. The van der Waals surface area contributed by atoms with Crippen molar-refractivity contribution in [3.05, 3.63) is 58.1 Å². The standard InChI is InChI=1S/C18H14Cl2N2O4/c19-12-6-5-11(7-13(12)20)8-18(25)26-10-17(24)22-9-16(23)21-14-3-1-2-4-15(14)22/h1-7H,8-10H2,(H,21,23). The number of rotatable bonds is 4. The molecule has 1 aliphatic rings. The van der Waals surface area contributed by atoms with E-state index in [4.69, 9.17) is 27.9 Å². The molecule has 1 N–H and O–H groups in total. The van der Waals surface area contributed by atoms with Crippen LogP contribution in [0.25, 0.3) is 0 Å². The van der Waals surface area contributed by atoms with Crippen LogP contribution >= 0.6 is 23.2 Å². The fraction of sp³-hybridized carbons (Fsp3) is 0.167. The molecular formula is C18H14Cl2N2O4. The highest BCUT2D eigenvalue weighted by atomic mass is 35.5. The second-order valence-electron chi connectivity index (χ2n) is 5.63. The van der Waals surface area contributed by atoms with E-state index in [9.17, 15) is 14.4 Å². The molecule has 2 amide bonds. The average Bonchev–Trinajstić information content (AvgIpc) is 2.62. The van der Waals surface area contributed by atoms with Crippen LogP contribution in [-0.4, -0.2) is 30.9 Å². The highest BCUT2D eigenvalue weighted by Crippen LogP contribution is 2.29. The van der Waals surface area contributed by atoms with Gasteiger partial charge in [0.1, 0.15) is 6.54 Å². The molecule has 0 atom stereocenters. The Morgan fingerprint density at radius 3 is 2.65 bits per heavy atom. The number of benzene rings is 2. The van der Waals surface area contributed by atoms with E-state index in [0.29, 0.717) is 27.0 Å². The van der Waals surface area contributed by atoms with Gasteiger partial charge in [0.05, 0.1) is 27.8 Å². The first-order chi connectivity index (χ1) is 12.4. The van der Waals surface area contributed by atoms with Gasteiger partial charge in [0.25, 0.3) is 5.91 Å². The van der Waals surface area contributed by atoms with E-state index in [1.165, 1.54) is 4.90 Å². The normalized spacial score (nSPS) is 13.0.